The molecule has 0 aliphatic heterocycles. The summed E-state index contributed by atoms with van der Waals surface area (Å²) in [5, 5.41) is 2.64. The fraction of sp³-hybridized carbons (Fsp3) is 0.0667. The summed E-state index contributed by atoms with van der Waals surface area (Å²) in [5.74, 6) is 0. The largest absolute Gasteiger partial charge is 0.444 e. The molecule has 2 rings (SSSR count). The summed E-state index contributed by atoms with van der Waals surface area (Å²) < 4.78 is 5.11. The minimum Gasteiger partial charge on any atom is -0.444 e. The van der Waals surface area contributed by atoms with E-state index in [1.165, 1.54) is 0 Å². The Morgan fingerprint density at radius 3 is 2.53 bits per heavy atom. The molecule has 0 fully saturated rings. The molecule has 4 nitrogen and oxygen atoms in total. The van der Waals surface area contributed by atoms with Gasteiger partial charge in [-0.15, -0.1) is 0 Å². The number of para-hydroxylation sites is 1. The molecule has 0 saturated heterocycles. The number of carbonyl (C=O) groups excluding carboxylic acids is 1. The van der Waals surface area contributed by atoms with Gasteiger partial charge in [-0.2, -0.15) is 0 Å². The Bertz CT molecular complexity index is 565. The number of ether oxygens (including phenoxy) is 1. The number of benzene rings is 2. The van der Waals surface area contributed by atoms with Crippen LogP contribution in [0.3, 0.4) is 0 Å². The quantitative estimate of drug-likeness (QED) is 0.828. The van der Waals surface area contributed by atoms with E-state index in [2.05, 4.69) is 12.2 Å². The number of carbonyl (C=O) groups is 1. The predicted molar refractivity (Wildman–Crippen MR) is 75.6 cm³/mol. The monoisotopic (exact) mass is 255 g/mol. The molecule has 0 aliphatic carbocycles. The van der Waals surface area contributed by atoms with Gasteiger partial charge >= 0.3 is 6.09 Å². The van der Waals surface area contributed by atoms with Crippen LogP contribution in [-0.4, -0.2) is 6.09 Å². The van der Waals surface area contributed by atoms with E-state index in [4.69, 9.17) is 10.5 Å². The van der Waals surface area contributed by atoms with E-state index in [1.807, 2.05) is 30.3 Å². The average Bonchev–Trinajstić information content (AvgIpc) is 2.41. The number of nitrogen functional groups attached to an aromatic ring is 1. The Kier molecular flexibility index (Phi) is 4.03. The predicted octanol–water partition coefficient (Wildman–Crippen LogP) is 3.20. The molecule has 0 aromatic heterocycles. The van der Waals surface area contributed by atoms with Crippen LogP contribution in [0.5, 0.6) is 0 Å². The molecule has 19 heavy (non-hydrogen) atoms. The molecule has 0 spiro atoms. The number of nitrogens with one attached hydrogen (secondary N) is 1. The highest BCUT2D eigenvalue weighted by molar-refractivity contribution is 5.85. The molecule has 0 atom stereocenters. The lowest BCUT2D eigenvalue weighted by molar-refractivity contribution is 0.155. The molecule has 0 bridgehead atoms. The van der Waals surface area contributed by atoms with Gasteiger partial charge in [-0.25, -0.2) is 4.79 Å². The van der Waals surface area contributed by atoms with Gasteiger partial charge in [0.05, 0.1) is 0 Å². The van der Waals surface area contributed by atoms with Crippen molar-refractivity contribution in [2.24, 2.45) is 0 Å². The summed E-state index contributed by atoms with van der Waals surface area (Å²) in [6.45, 7) is 4.02. The van der Waals surface area contributed by atoms with Crippen molar-refractivity contribution in [1.82, 2.24) is 0 Å². The Balaban J connectivity index is 1.88. The highest BCUT2D eigenvalue weighted by Gasteiger charge is 2.05. The number of rotatable bonds is 3. The van der Waals surface area contributed by atoms with Gasteiger partial charge in [-0.05, 0) is 36.2 Å². The fourth-order valence-electron chi connectivity index (χ4n) is 1.55. The molecule has 0 unspecified atom stereocenters. The fourth-order valence-corrected chi connectivity index (χ4v) is 1.55. The van der Waals surface area contributed by atoms with Gasteiger partial charge in [0.15, 0.2) is 0 Å². The third-order valence-corrected chi connectivity index (χ3v) is 2.60. The van der Waals surface area contributed by atoms with E-state index >= 15 is 0 Å². The Morgan fingerprint density at radius 2 is 1.84 bits per heavy atom. The molecule has 0 aliphatic rings. The van der Waals surface area contributed by atoms with Crippen LogP contribution in [0.25, 0.3) is 0 Å². The van der Waals surface area contributed by atoms with Crippen LogP contribution in [0.2, 0.25) is 0 Å². The SMILES string of the molecule is [CH2]c1ccccc1NC(=O)OCc1ccc(N)cc1. The van der Waals surface area contributed by atoms with Crippen LogP contribution in [0.15, 0.2) is 48.5 Å². The van der Waals surface area contributed by atoms with Crippen LogP contribution in [-0.2, 0) is 11.3 Å². The number of amides is 1. The van der Waals surface area contributed by atoms with Crippen molar-refractivity contribution in [2.75, 3.05) is 11.1 Å². The van der Waals surface area contributed by atoms with E-state index in [-0.39, 0.29) is 6.61 Å². The van der Waals surface area contributed by atoms with E-state index in [0.717, 1.165) is 11.1 Å². The first-order chi connectivity index (χ1) is 9.15. The topological polar surface area (TPSA) is 64.3 Å². The van der Waals surface area contributed by atoms with Gasteiger partial charge in [0.25, 0.3) is 0 Å². The average molecular weight is 255 g/mol. The lowest BCUT2D eigenvalue weighted by Crippen LogP contribution is -2.14. The van der Waals surface area contributed by atoms with Gasteiger partial charge in [0, 0.05) is 11.4 Å². The molecule has 4 heteroatoms. The van der Waals surface area contributed by atoms with E-state index in [0.29, 0.717) is 11.4 Å². The second-order valence-electron chi connectivity index (χ2n) is 4.10. The van der Waals surface area contributed by atoms with Crippen LogP contribution < -0.4 is 11.1 Å². The molecular formula is C15H15N2O2. The zero-order chi connectivity index (χ0) is 13.7. The van der Waals surface area contributed by atoms with Crippen molar-refractivity contribution >= 4 is 17.5 Å². The minimum atomic E-state index is -0.507. The number of nitrogens with two attached hydrogens (primary N) is 1. The first kappa shape index (κ1) is 13.0. The molecule has 3 N–H and O–H groups in total. The Hall–Kier alpha value is -2.49. The van der Waals surface area contributed by atoms with Crippen molar-refractivity contribution < 1.29 is 9.53 Å². The summed E-state index contributed by atoms with van der Waals surface area (Å²) in [5.41, 5.74) is 8.52. The summed E-state index contributed by atoms with van der Waals surface area (Å²) in [7, 11) is 0. The maximum Gasteiger partial charge on any atom is 0.411 e. The molecule has 0 saturated carbocycles. The lowest BCUT2D eigenvalue weighted by atomic mass is 10.2. The molecule has 1 amide bonds. The van der Waals surface area contributed by atoms with Gasteiger partial charge in [-0.3, -0.25) is 5.32 Å². The molecule has 2 aromatic rings. The summed E-state index contributed by atoms with van der Waals surface area (Å²) in [4.78, 5) is 11.6. The van der Waals surface area contributed by atoms with Crippen molar-refractivity contribution in [1.29, 1.82) is 0 Å². The van der Waals surface area contributed by atoms with Gasteiger partial charge < -0.3 is 10.5 Å². The van der Waals surface area contributed by atoms with Crippen molar-refractivity contribution in [2.45, 2.75) is 6.61 Å². The summed E-state index contributed by atoms with van der Waals surface area (Å²) >= 11 is 0. The van der Waals surface area contributed by atoms with Crippen molar-refractivity contribution in [3.8, 4) is 0 Å². The van der Waals surface area contributed by atoms with Crippen molar-refractivity contribution in [3.63, 3.8) is 0 Å². The normalized spacial score (nSPS) is 9.95. The standard InChI is InChI=1S/C15H15N2O2/c1-11-4-2-3-5-14(11)17-15(18)19-10-12-6-8-13(16)9-7-12/h2-9H,1,10,16H2,(H,17,18). The zero-order valence-corrected chi connectivity index (χ0v) is 10.4. The number of hydrogen-bond acceptors (Lipinski definition) is 3. The first-order valence-corrected chi connectivity index (χ1v) is 5.84. The smallest absolute Gasteiger partial charge is 0.411 e. The van der Waals surface area contributed by atoms with Crippen LogP contribution in [0.4, 0.5) is 16.2 Å². The highest BCUT2D eigenvalue weighted by Crippen LogP contribution is 2.14. The summed E-state index contributed by atoms with van der Waals surface area (Å²) in [6.07, 6.45) is -0.507. The second kappa shape index (κ2) is 5.91. The maximum absolute atomic E-state index is 11.6. The zero-order valence-electron chi connectivity index (χ0n) is 10.4. The molecule has 97 valence electrons. The van der Waals surface area contributed by atoms with E-state index < -0.39 is 6.09 Å². The Morgan fingerprint density at radius 1 is 1.16 bits per heavy atom. The molecule has 0 heterocycles. The number of anilines is 2. The van der Waals surface area contributed by atoms with Gasteiger partial charge in [-0.1, -0.05) is 30.3 Å². The van der Waals surface area contributed by atoms with Crippen molar-refractivity contribution in [3.05, 3.63) is 66.6 Å². The third kappa shape index (κ3) is 3.74. The third-order valence-electron chi connectivity index (χ3n) is 2.60. The first-order valence-electron chi connectivity index (χ1n) is 5.84. The van der Waals surface area contributed by atoms with Crippen LogP contribution in [0.1, 0.15) is 11.1 Å². The second-order valence-corrected chi connectivity index (χ2v) is 4.10. The minimum absolute atomic E-state index is 0.200. The lowest BCUT2D eigenvalue weighted by Gasteiger charge is -2.09. The van der Waals surface area contributed by atoms with E-state index in [1.54, 1.807) is 18.2 Å². The Labute approximate surface area is 112 Å². The van der Waals surface area contributed by atoms with Gasteiger partial charge in [0.1, 0.15) is 6.61 Å². The van der Waals surface area contributed by atoms with E-state index in [9.17, 15) is 4.79 Å². The maximum atomic E-state index is 11.6. The van der Waals surface area contributed by atoms with Crippen LogP contribution in [0, 0.1) is 6.92 Å². The molecular weight excluding hydrogens is 240 g/mol. The van der Waals surface area contributed by atoms with Gasteiger partial charge in [0.2, 0.25) is 0 Å². The van der Waals surface area contributed by atoms with Crippen LogP contribution >= 0.6 is 0 Å². The molecule has 2 aromatic carbocycles. The summed E-state index contributed by atoms with van der Waals surface area (Å²) in [6, 6.07) is 14.4. The highest BCUT2D eigenvalue weighted by atomic mass is 16.5. The number of hydrogen-bond donors (Lipinski definition) is 2. The molecule has 1 radical (unpaired) electrons.